The highest BCUT2D eigenvalue weighted by Crippen LogP contribution is 2.09. The first-order valence-corrected chi connectivity index (χ1v) is 3.15. The molecule has 0 N–H and O–H groups in total. The van der Waals surface area contributed by atoms with Crippen LogP contribution >= 0.6 is 0 Å². The quantitative estimate of drug-likeness (QED) is 0.549. The molecule has 0 atom stereocenters. The molecule has 2 rings (SSSR count). The Hall–Kier alpha value is -2.32. The molecule has 64 valence electrons. The van der Waals surface area contributed by atoms with Crippen molar-refractivity contribution >= 4 is 0 Å². The first-order chi connectivity index (χ1) is 6.45. The van der Waals surface area contributed by atoms with Crippen molar-refractivity contribution < 1.29 is 4.74 Å². The second kappa shape index (κ2) is 3.38. The maximum absolute atomic E-state index is 5.03. The Morgan fingerprint density at radius 2 is 1.31 bits per heavy atom. The van der Waals surface area contributed by atoms with Crippen molar-refractivity contribution in [3.05, 3.63) is 12.4 Å². The summed E-state index contributed by atoms with van der Waals surface area (Å²) in [7, 11) is 0. The van der Waals surface area contributed by atoms with Gasteiger partial charge in [0.25, 0.3) is 11.8 Å². The van der Waals surface area contributed by atoms with E-state index in [-0.39, 0.29) is 11.8 Å². The van der Waals surface area contributed by atoms with Gasteiger partial charge in [0.05, 0.1) is 0 Å². The van der Waals surface area contributed by atoms with Crippen LogP contribution in [-0.4, -0.2) is 41.2 Å². The van der Waals surface area contributed by atoms with Crippen molar-refractivity contribution in [2.45, 2.75) is 0 Å². The molecule has 2 aromatic rings. The monoisotopic (exact) mass is 178 g/mol. The lowest BCUT2D eigenvalue weighted by molar-refractivity contribution is 0.411. The Labute approximate surface area is 71.2 Å². The van der Waals surface area contributed by atoms with Crippen LogP contribution in [0.1, 0.15) is 0 Å². The molecular weight excluding hydrogens is 176 g/mol. The maximum atomic E-state index is 5.03. The summed E-state index contributed by atoms with van der Waals surface area (Å²) < 4.78 is 5.03. The van der Waals surface area contributed by atoms with E-state index in [9.17, 15) is 0 Å². The van der Waals surface area contributed by atoms with Crippen molar-refractivity contribution in [3.63, 3.8) is 0 Å². The summed E-state index contributed by atoms with van der Waals surface area (Å²) in [6.07, 6.45) is 2.57. The van der Waals surface area contributed by atoms with Crippen LogP contribution in [0.4, 0.5) is 0 Å². The lowest BCUT2D eigenvalue weighted by atomic mass is 10.8. The van der Waals surface area contributed by atoms with Gasteiger partial charge in [0.2, 0.25) is 0 Å². The molecule has 9 nitrogen and oxygen atoms in total. The summed E-state index contributed by atoms with van der Waals surface area (Å²) >= 11 is 0. The molecule has 0 aliphatic rings. The molecule has 0 saturated heterocycles. The molecule has 2 aromatic heterocycles. The van der Waals surface area contributed by atoms with Gasteiger partial charge in [-0.1, -0.05) is 10.2 Å². The summed E-state index contributed by atoms with van der Waals surface area (Å²) in [6.45, 7) is 0. The smallest absolute Gasteiger partial charge is 0.262 e. The van der Waals surface area contributed by atoms with E-state index in [1.165, 1.54) is 12.4 Å². The van der Waals surface area contributed by atoms with Gasteiger partial charge < -0.3 is 4.74 Å². The van der Waals surface area contributed by atoms with Gasteiger partial charge in [-0.25, -0.2) is 0 Å². The predicted molar refractivity (Wildman–Crippen MR) is 35.3 cm³/mol. The van der Waals surface area contributed by atoms with Gasteiger partial charge in [-0.15, -0.1) is 10.2 Å². The van der Waals surface area contributed by atoms with Crippen LogP contribution in [0.15, 0.2) is 12.4 Å². The Balaban J connectivity index is 2.16. The average molecular weight is 178 g/mol. The van der Waals surface area contributed by atoms with Gasteiger partial charge in [0.15, 0.2) is 0 Å². The highest BCUT2D eigenvalue weighted by atomic mass is 16.5. The van der Waals surface area contributed by atoms with Gasteiger partial charge in [-0.05, 0) is 20.9 Å². The van der Waals surface area contributed by atoms with E-state index < -0.39 is 0 Å². The number of aromatic nitrogens is 8. The molecule has 0 radical (unpaired) electrons. The highest BCUT2D eigenvalue weighted by Gasteiger charge is 2.00. The van der Waals surface area contributed by atoms with Crippen molar-refractivity contribution in [2.75, 3.05) is 0 Å². The maximum Gasteiger partial charge on any atom is 0.262 e. The van der Waals surface area contributed by atoms with Gasteiger partial charge in [0.1, 0.15) is 12.4 Å². The second-order valence-electron chi connectivity index (χ2n) is 1.83. The third-order valence-electron chi connectivity index (χ3n) is 1.02. The third kappa shape index (κ3) is 1.83. The zero-order valence-corrected chi connectivity index (χ0v) is 6.14. The van der Waals surface area contributed by atoms with Gasteiger partial charge in [0, 0.05) is 0 Å². The fraction of sp³-hybridized carbons (Fsp3) is 0. The molecule has 2 heterocycles. The number of ether oxygens (including phenoxy) is 1. The molecular formula is C4H2N8O. The largest absolute Gasteiger partial charge is 0.414 e. The van der Waals surface area contributed by atoms with Gasteiger partial charge in [-0.3, -0.25) is 0 Å². The summed E-state index contributed by atoms with van der Waals surface area (Å²) in [5, 5.41) is 26.9. The molecule has 0 fully saturated rings. The van der Waals surface area contributed by atoms with E-state index in [1.54, 1.807) is 0 Å². The second-order valence-corrected chi connectivity index (χ2v) is 1.83. The summed E-state index contributed by atoms with van der Waals surface area (Å²) in [5.41, 5.74) is 0. The molecule has 9 heteroatoms. The van der Waals surface area contributed by atoms with Crippen molar-refractivity contribution in [1.29, 1.82) is 0 Å². The number of hydrogen-bond donors (Lipinski definition) is 0. The molecule has 0 unspecified atom stereocenters. The van der Waals surface area contributed by atoms with Crippen LogP contribution in [0.25, 0.3) is 0 Å². The average Bonchev–Trinajstić information content (AvgIpc) is 2.21. The van der Waals surface area contributed by atoms with E-state index in [2.05, 4.69) is 41.2 Å². The van der Waals surface area contributed by atoms with Gasteiger partial charge >= 0.3 is 0 Å². The number of hydrogen-bond acceptors (Lipinski definition) is 9. The third-order valence-corrected chi connectivity index (χ3v) is 1.02. The van der Waals surface area contributed by atoms with Gasteiger partial charge in [-0.2, -0.15) is 0 Å². The molecule has 0 aliphatic carbocycles. The number of rotatable bonds is 2. The minimum Gasteiger partial charge on any atom is -0.414 e. The SMILES string of the molecule is c1nnnnc1Oc1cnnnn1. The summed E-state index contributed by atoms with van der Waals surface area (Å²) in [6, 6.07) is 0. The van der Waals surface area contributed by atoms with Crippen molar-refractivity contribution in [3.8, 4) is 11.8 Å². The van der Waals surface area contributed by atoms with Crippen LogP contribution in [0.2, 0.25) is 0 Å². The van der Waals surface area contributed by atoms with E-state index in [0.29, 0.717) is 0 Å². The van der Waals surface area contributed by atoms with Crippen LogP contribution in [0.5, 0.6) is 11.8 Å². The Morgan fingerprint density at radius 1 is 0.769 bits per heavy atom. The Morgan fingerprint density at radius 3 is 1.69 bits per heavy atom. The standard InChI is InChI=1S/C4H2N8O/c1-3(7-11-9-5-1)13-4-2-6-10-12-8-4/h1-2H. The minimum atomic E-state index is 0.164. The fourth-order valence-corrected chi connectivity index (χ4v) is 0.577. The molecule has 13 heavy (non-hydrogen) atoms. The van der Waals surface area contributed by atoms with Crippen molar-refractivity contribution in [2.24, 2.45) is 0 Å². The van der Waals surface area contributed by atoms with E-state index in [1.807, 2.05) is 0 Å². The van der Waals surface area contributed by atoms with Crippen LogP contribution < -0.4 is 4.74 Å². The molecule has 0 bridgehead atoms. The lowest BCUT2D eigenvalue weighted by Crippen LogP contribution is -1.98. The molecule has 0 saturated carbocycles. The van der Waals surface area contributed by atoms with Crippen LogP contribution in [-0.2, 0) is 0 Å². The summed E-state index contributed by atoms with van der Waals surface area (Å²) in [5.74, 6) is 0.328. The fourth-order valence-electron chi connectivity index (χ4n) is 0.577. The normalized spacial score (nSPS) is 9.54. The zero-order chi connectivity index (χ0) is 8.93. The molecule has 0 aromatic carbocycles. The summed E-state index contributed by atoms with van der Waals surface area (Å²) in [4.78, 5) is 0. The van der Waals surface area contributed by atoms with Crippen molar-refractivity contribution in [1.82, 2.24) is 41.2 Å². The molecule has 0 aliphatic heterocycles. The zero-order valence-electron chi connectivity index (χ0n) is 6.14. The minimum absolute atomic E-state index is 0.164. The Bertz CT molecular complexity index is 327. The molecule has 0 amide bonds. The van der Waals surface area contributed by atoms with E-state index in [0.717, 1.165) is 0 Å². The predicted octanol–water partition coefficient (Wildman–Crippen LogP) is -1.36. The molecule has 0 spiro atoms. The van der Waals surface area contributed by atoms with E-state index in [4.69, 9.17) is 4.74 Å². The topological polar surface area (TPSA) is 112 Å². The van der Waals surface area contributed by atoms with E-state index >= 15 is 0 Å². The van der Waals surface area contributed by atoms with Crippen LogP contribution in [0, 0.1) is 0 Å². The number of nitrogens with zero attached hydrogens (tertiary/aromatic N) is 8. The Kier molecular flexibility index (Phi) is 1.91. The first-order valence-electron chi connectivity index (χ1n) is 3.15. The lowest BCUT2D eigenvalue weighted by Gasteiger charge is -1.96. The van der Waals surface area contributed by atoms with Crippen LogP contribution in [0.3, 0.4) is 0 Å². The first kappa shape index (κ1) is 7.34. The highest BCUT2D eigenvalue weighted by molar-refractivity contribution is 5.08.